The van der Waals surface area contributed by atoms with Crippen LogP contribution in [0.3, 0.4) is 0 Å². The summed E-state index contributed by atoms with van der Waals surface area (Å²) in [4.78, 5) is 108. The van der Waals surface area contributed by atoms with Crippen molar-refractivity contribution < 1.29 is 84.8 Å². The first-order chi connectivity index (χ1) is 50.9. The molecule has 6 fully saturated rings. The van der Waals surface area contributed by atoms with Crippen LogP contribution in [0.2, 0.25) is 0 Å². The Kier molecular flexibility index (Phi) is 24.0. The topological polar surface area (TPSA) is 320 Å². The molecule has 5 N–H and O–H groups in total. The van der Waals surface area contributed by atoms with E-state index >= 15 is 0 Å². The highest BCUT2D eigenvalue weighted by atomic mass is 31.2. The average Bonchev–Trinajstić information content (AvgIpc) is 1.56. The van der Waals surface area contributed by atoms with E-state index in [1.807, 2.05) is 145 Å². The van der Waals surface area contributed by atoms with Crippen LogP contribution in [0.1, 0.15) is 119 Å². The van der Waals surface area contributed by atoms with Gasteiger partial charge in [0.25, 0.3) is 0 Å². The van der Waals surface area contributed by atoms with Crippen molar-refractivity contribution in [2.45, 2.75) is 178 Å². The summed E-state index contributed by atoms with van der Waals surface area (Å²) < 4.78 is 78.4. The van der Waals surface area contributed by atoms with Gasteiger partial charge in [-0.2, -0.15) is 0 Å². The highest BCUT2D eigenvalue weighted by Gasteiger charge is 2.69. The molecular formula is C79H100N8O18P2. The third-order valence-electron chi connectivity index (χ3n) is 21.2. The molecule has 4 saturated carbocycles. The molecule has 28 heteroatoms. The minimum atomic E-state index is -4.32. The van der Waals surface area contributed by atoms with Crippen molar-refractivity contribution in [1.29, 1.82) is 0 Å². The second-order valence-electron chi connectivity index (χ2n) is 30.5. The summed E-state index contributed by atoms with van der Waals surface area (Å²) in [5.74, 6) is -0.815. The van der Waals surface area contributed by atoms with Crippen LogP contribution in [-0.2, 0) is 51.4 Å². The van der Waals surface area contributed by atoms with Gasteiger partial charge >= 0.3 is 27.4 Å². The predicted molar refractivity (Wildman–Crippen MR) is 404 cm³/mol. The fourth-order valence-corrected chi connectivity index (χ4v) is 18.5. The van der Waals surface area contributed by atoms with Gasteiger partial charge in [-0.05, 0) is 99.3 Å². The number of alkyl carbamates (subject to hydrolysis) is 2. The Balaban J connectivity index is 0.000000213. The molecule has 11 atom stereocenters. The molecule has 6 aromatic rings. The second-order valence-corrected chi connectivity index (χ2v) is 35.2. The van der Waals surface area contributed by atoms with E-state index in [-0.39, 0.29) is 56.9 Å². The largest absolute Gasteiger partial charge is 0.497 e. The van der Waals surface area contributed by atoms with Crippen LogP contribution in [-0.4, -0.2) is 168 Å². The molecule has 1 unspecified atom stereocenters. The highest BCUT2D eigenvalue weighted by molar-refractivity contribution is 7.56. The van der Waals surface area contributed by atoms with Gasteiger partial charge in [-0.25, -0.2) is 19.6 Å². The number of carbonyl (C=O) groups is 6. The Bertz CT molecular complexity index is 4380. The fourth-order valence-electron chi connectivity index (χ4n) is 15.0. The number of pyridine rings is 2. The zero-order chi connectivity index (χ0) is 77.0. The maximum Gasteiger partial charge on any atom is 0.408 e. The van der Waals surface area contributed by atoms with Crippen LogP contribution in [0.5, 0.6) is 23.0 Å². The number of ether oxygens (including phenoxy) is 6. The lowest BCUT2D eigenvalue weighted by Crippen LogP contribution is -2.58. The minimum absolute atomic E-state index is 0.0115. The molecule has 2 aliphatic heterocycles. The molecule has 4 aromatic carbocycles. The normalized spacial score (nSPS) is 24.0. The molecule has 12 rings (SSSR count). The first-order valence-corrected chi connectivity index (χ1v) is 39.5. The van der Waals surface area contributed by atoms with Gasteiger partial charge in [-0.1, -0.05) is 114 Å². The summed E-state index contributed by atoms with van der Waals surface area (Å²) in [5, 5.41) is 9.84. The Morgan fingerprint density at radius 3 is 1.27 bits per heavy atom. The van der Waals surface area contributed by atoms with Crippen molar-refractivity contribution in [3.05, 3.63) is 135 Å². The summed E-state index contributed by atoms with van der Waals surface area (Å²) >= 11 is 0. The van der Waals surface area contributed by atoms with Gasteiger partial charge in [0, 0.05) is 92.2 Å². The number of nitrogens with zero attached hydrogens (tertiary/aromatic N) is 4. The molecular weight excluding hydrogens is 1410 g/mol. The Morgan fingerprint density at radius 1 is 0.542 bits per heavy atom. The van der Waals surface area contributed by atoms with Crippen molar-refractivity contribution in [2.75, 3.05) is 48.6 Å². The maximum absolute atomic E-state index is 14.7. The van der Waals surface area contributed by atoms with E-state index in [9.17, 15) is 42.8 Å². The van der Waals surface area contributed by atoms with E-state index in [0.717, 1.165) is 75.0 Å². The second kappa shape index (κ2) is 32.5. The zero-order valence-corrected chi connectivity index (χ0v) is 64.5. The molecule has 4 heterocycles. The first-order valence-electron chi connectivity index (χ1n) is 36.4. The van der Waals surface area contributed by atoms with Crippen LogP contribution in [0.15, 0.2) is 135 Å². The van der Waals surface area contributed by atoms with E-state index in [0.29, 0.717) is 50.8 Å². The van der Waals surface area contributed by atoms with Gasteiger partial charge in [-0.3, -0.25) is 28.3 Å². The van der Waals surface area contributed by atoms with Crippen molar-refractivity contribution in [3.8, 4) is 45.5 Å². The number of hydrogen-bond acceptors (Lipinski definition) is 19. The number of hydrogen-bond donors (Lipinski definition) is 5. The number of methoxy groups -OCH3 is 2. The highest BCUT2D eigenvalue weighted by Crippen LogP contribution is 2.72. The summed E-state index contributed by atoms with van der Waals surface area (Å²) in [5.41, 5.74) is 2.80. The quantitative estimate of drug-likeness (QED) is 0.0263. The third-order valence-corrected chi connectivity index (χ3v) is 25.9. The van der Waals surface area contributed by atoms with Gasteiger partial charge in [0.1, 0.15) is 82.1 Å². The molecule has 2 saturated heterocycles. The summed E-state index contributed by atoms with van der Waals surface area (Å²) in [6.45, 7) is 18.6. The van der Waals surface area contributed by atoms with Crippen LogP contribution in [0.4, 0.5) is 9.59 Å². The van der Waals surface area contributed by atoms with Gasteiger partial charge in [-0.15, -0.1) is 13.2 Å². The molecule has 0 spiro atoms. The summed E-state index contributed by atoms with van der Waals surface area (Å²) in [7, 11) is -1.33. The maximum atomic E-state index is 14.7. The molecule has 0 bridgehead atoms. The van der Waals surface area contributed by atoms with E-state index in [2.05, 4.69) is 34.4 Å². The molecule has 0 radical (unpaired) electrons. The minimum Gasteiger partial charge on any atom is -0.497 e. The lowest BCUT2D eigenvalue weighted by molar-refractivity contribution is -0.142. The SMILES string of the molecule is C=C[C@@H]1C[C@]1(NC(=O)[C@@H]1C[C@@H](Oc2cc(-c3ccccc3)nc3cc(OC)ccc23)CN1C(=O)[C@@H](NC(=O)OC1CCCC1)C(C)(C)C)P(=O)(O)OC.C=C[C@@H]1C[C@]1(NC(=O)[C@@H]1C[C@@H](Oc2cc(-c3ccccc3)nc3cc(OC)ccc23)CN1C(=O)[C@@H](NC(=O)OC1CCCC1)C(C)(C)C)P(=O)(OC)OC. The average molecular weight is 1510 g/mol. The molecule has 574 valence electrons. The third kappa shape index (κ3) is 17.2. The van der Waals surface area contributed by atoms with Gasteiger partial charge in [0.05, 0.1) is 49.7 Å². The lowest BCUT2D eigenvalue weighted by Gasteiger charge is -2.36. The number of fused-ring (bicyclic) bond motifs is 2. The van der Waals surface area contributed by atoms with Crippen LogP contribution in [0, 0.1) is 22.7 Å². The van der Waals surface area contributed by atoms with Crippen LogP contribution >= 0.6 is 15.2 Å². The van der Waals surface area contributed by atoms with Crippen LogP contribution < -0.4 is 40.2 Å². The molecule has 6 amide bonds. The van der Waals surface area contributed by atoms with Crippen molar-refractivity contribution in [2.24, 2.45) is 22.7 Å². The molecule has 2 aromatic heterocycles. The Hall–Kier alpha value is -8.90. The number of benzene rings is 4. The van der Waals surface area contributed by atoms with Crippen molar-refractivity contribution >= 4 is 72.8 Å². The van der Waals surface area contributed by atoms with Crippen LogP contribution in [0.25, 0.3) is 44.3 Å². The fraction of sp³-hybridized carbons (Fsp3) is 0.494. The number of likely N-dealkylation sites (tertiary alicyclic amines) is 2. The van der Waals surface area contributed by atoms with Gasteiger partial charge in [0.2, 0.25) is 23.6 Å². The number of aromatic nitrogens is 2. The molecule has 26 nitrogen and oxygen atoms in total. The Labute approximate surface area is 624 Å². The zero-order valence-electron chi connectivity index (χ0n) is 62.7. The number of amides is 6. The summed E-state index contributed by atoms with van der Waals surface area (Å²) in [6, 6.07) is 29.7. The number of carbonyl (C=O) groups excluding carboxylic acids is 6. The monoisotopic (exact) mass is 1510 g/mol. The number of rotatable bonds is 25. The van der Waals surface area contributed by atoms with Gasteiger partial charge < -0.3 is 78.0 Å². The predicted octanol–water partition coefficient (Wildman–Crippen LogP) is 13.0. The Morgan fingerprint density at radius 2 is 0.925 bits per heavy atom. The summed E-state index contributed by atoms with van der Waals surface area (Å²) in [6.07, 6.45) is 7.54. The van der Waals surface area contributed by atoms with E-state index < -0.39 is 115 Å². The van der Waals surface area contributed by atoms with E-state index in [1.54, 1.807) is 26.4 Å². The molecule has 4 aliphatic carbocycles. The first kappa shape index (κ1) is 79.2. The van der Waals surface area contributed by atoms with Crippen molar-refractivity contribution in [1.82, 2.24) is 41.0 Å². The van der Waals surface area contributed by atoms with Crippen molar-refractivity contribution in [3.63, 3.8) is 0 Å². The van der Waals surface area contributed by atoms with E-state index in [1.165, 1.54) is 30.1 Å². The molecule has 107 heavy (non-hydrogen) atoms. The smallest absolute Gasteiger partial charge is 0.408 e. The van der Waals surface area contributed by atoms with Gasteiger partial charge in [0.15, 0.2) is 0 Å². The standard InChI is InChI=1S/C40H51N4O9P.C39H49N4O9P/c1-8-26-23-40(26,54(48,50-6)51-7)43-36(45)33-21-29(24-44(33)37(46)35(39(2,3)4)42-38(47)53-27-16-12-13-17-27)52-34-22-31(25-14-10-9-11-15-25)41-32-20-28(49-5)18-19-30(32)34;1-7-25-22-39(25,53(47,48)50-6)42-35(44)32-20-28(23-43(32)36(45)34(38(2,3)4)41-37(46)52-26-15-11-12-16-26)51-33-21-30(24-13-9-8-10-14-24)40-31-19-27(49-5)17-18-29(31)33/h8-11,14-15,18-20,22,26-27,29,33,35H,1,12-13,16-17,21,23-24H2,2-7H3,(H,42,47)(H,43,45);7-10,13-14,17-19,21,25-26,28,32,34H,1,11-12,15-16,20,22-23H2,2-6H3,(H,41,46)(H,42,44)(H,47,48)/t26-,29-,33+,35-,40+;25-,28-,32+,34-,39+/m11/s1. The molecule has 6 aliphatic rings. The van der Waals surface area contributed by atoms with E-state index in [4.69, 9.17) is 52.0 Å². The lowest BCUT2D eigenvalue weighted by atomic mass is 9.85. The number of nitrogens with one attached hydrogen (secondary N) is 4.